The van der Waals surface area contributed by atoms with Gasteiger partial charge >= 0.3 is 0 Å². The van der Waals surface area contributed by atoms with Crippen molar-refractivity contribution in [3.8, 4) is 0 Å². The Morgan fingerprint density at radius 3 is 2.33 bits per heavy atom. The van der Waals surface area contributed by atoms with Gasteiger partial charge in [0.05, 0.1) is 0 Å². The van der Waals surface area contributed by atoms with Crippen LogP contribution in [-0.4, -0.2) is 14.3 Å². The van der Waals surface area contributed by atoms with Crippen LogP contribution in [0.15, 0.2) is 23.6 Å². The SMILES string of the molecule is C=CS(=O)(=O)NC(=O)C(C)=CC. The molecule has 0 saturated heterocycles. The molecule has 68 valence electrons. The summed E-state index contributed by atoms with van der Waals surface area (Å²) in [5, 5.41) is 0.688. The minimum absolute atomic E-state index is 0.348. The third kappa shape index (κ3) is 3.34. The quantitative estimate of drug-likeness (QED) is 0.659. The summed E-state index contributed by atoms with van der Waals surface area (Å²) < 4.78 is 23.3. The van der Waals surface area contributed by atoms with E-state index in [1.165, 1.54) is 13.0 Å². The van der Waals surface area contributed by atoms with Crippen molar-refractivity contribution in [2.75, 3.05) is 0 Å². The molecule has 0 atom stereocenters. The van der Waals surface area contributed by atoms with Crippen LogP contribution in [0.3, 0.4) is 0 Å². The van der Waals surface area contributed by atoms with Crippen LogP contribution in [0, 0.1) is 0 Å². The monoisotopic (exact) mass is 189 g/mol. The molecular weight excluding hydrogens is 178 g/mol. The van der Waals surface area contributed by atoms with E-state index in [4.69, 9.17) is 0 Å². The van der Waals surface area contributed by atoms with Gasteiger partial charge in [-0.2, -0.15) is 0 Å². The molecule has 0 aliphatic heterocycles. The Balaban J connectivity index is 4.51. The van der Waals surface area contributed by atoms with Gasteiger partial charge in [0.2, 0.25) is 0 Å². The number of carbonyl (C=O) groups excluding carboxylic acids is 1. The molecule has 0 fully saturated rings. The Morgan fingerprint density at radius 1 is 1.50 bits per heavy atom. The molecule has 0 aromatic rings. The number of rotatable bonds is 3. The van der Waals surface area contributed by atoms with Gasteiger partial charge in [-0.05, 0) is 13.8 Å². The molecular formula is C7H11NO3S. The first-order valence-corrected chi connectivity index (χ1v) is 4.80. The van der Waals surface area contributed by atoms with E-state index in [0.717, 1.165) is 0 Å². The Kier molecular flexibility index (Phi) is 3.69. The molecule has 0 saturated carbocycles. The molecule has 0 bridgehead atoms. The molecule has 0 aromatic carbocycles. The largest absolute Gasteiger partial charge is 0.269 e. The Labute approximate surface area is 72.0 Å². The lowest BCUT2D eigenvalue weighted by molar-refractivity contribution is -0.115. The average molecular weight is 189 g/mol. The second-order valence-electron chi connectivity index (χ2n) is 2.11. The fourth-order valence-electron chi connectivity index (χ4n) is 0.382. The number of allylic oxidation sites excluding steroid dienone is 1. The molecule has 0 heterocycles. The molecule has 0 unspecified atom stereocenters. The molecule has 4 nitrogen and oxygen atoms in total. The lowest BCUT2D eigenvalue weighted by Crippen LogP contribution is -2.29. The van der Waals surface area contributed by atoms with E-state index in [-0.39, 0.29) is 0 Å². The van der Waals surface area contributed by atoms with Gasteiger partial charge < -0.3 is 0 Å². The van der Waals surface area contributed by atoms with Gasteiger partial charge in [0.1, 0.15) is 0 Å². The summed E-state index contributed by atoms with van der Waals surface area (Å²) in [6.45, 7) is 6.22. The summed E-state index contributed by atoms with van der Waals surface area (Å²) in [7, 11) is -3.65. The number of amides is 1. The molecule has 1 amide bonds. The highest BCUT2D eigenvalue weighted by Crippen LogP contribution is 1.93. The van der Waals surface area contributed by atoms with Crippen LogP contribution in [0.1, 0.15) is 13.8 Å². The van der Waals surface area contributed by atoms with Crippen LogP contribution < -0.4 is 4.72 Å². The zero-order valence-corrected chi connectivity index (χ0v) is 7.81. The van der Waals surface area contributed by atoms with Crippen molar-refractivity contribution in [3.63, 3.8) is 0 Å². The van der Waals surface area contributed by atoms with E-state index in [0.29, 0.717) is 11.0 Å². The second-order valence-corrected chi connectivity index (χ2v) is 3.74. The van der Waals surface area contributed by atoms with Gasteiger partial charge in [0.25, 0.3) is 15.9 Å². The Morgan fingerprint density at radius 2 is 2.00 bits per heavy atom. The Bertz CT molecular complexity index is 314. The van der Waals surface area contributed by atoms with Gasteiger partial charge in [0, 0.05) is 11.0 Å². The molecule has 12 heavy (non-hydrogen) atoms. The average Bonchev–Trinajstić information content (AvgIpc) is 2.02. The van der Waals surface area contributed by atoms with E-state index in [1.807, 2.05) is 0 Å². The molecule has 0 rings (SSSR count). The van der Waals surface area contributed by atoms with Gasteiger partial charge in [-0.15, -0.1) is 0 Å². The van der Waals surface area contributed by atoms with Crippen molar-refractivity contribution < 1.29 is 13.2 Å². The van der Waals surface area contributed by atoms with Gasteiger partial charge in [-0.1, -0.05) is 12.7 Å². The number of hydrogen-bond donors (Lipinski definition) is 1. The van der Waals surface area contributed by atoms with Crippen molar-refractivity contribution in [1.82, 2.24) is 4.72 Å². The number of hydrogen-bond acceptors (Lipinski definition) is 3. The summed E-state index contributed by atoms with van der Waals surface area (Å²) in [5.41, 5.74) is 0.348. The van der Waals surface area contributed by atoms with E-state index in [9.17, 15) is 13.2 Å². The molecule has 0 aliphatic rings. The molecule has 0 aromatic heterocycles. The zero-order valence-electron chi connectivity index (χ0n) is 6.99. The number of nitrogens with one attached hydrogen (secondary N) is 1. The van der Waals surface area contributed by atoms with E-state index >= 15 is 0 Å². The smallest absolute Gasteiger partial charge is 0.260 e. The lowest BCUT2D eigenvalue weighted by atomic mass is 10.3. The van der Waals surface area contributed by atoms with Crippen LogP contribution in [-0.2, 0) is 14.8 Å². The van der Waals surface area contributed by atoms with E-state index in [2.05, 4.69) is 6.58 Å². The second kappa shape index (κ2) is 4.06. The maximum absolute atomic E-state index is 10.9. The molecule has 1 N–H and O–H groups in total. The first-order valence-electron chi connectivity index (χ1n) is 3.25. The van der Waals surface area contributed by atoms with E-state index < -0.39 is 15.9 Å². The highest BCUT2D eigenvalue weighted by molar-refractivity contribution is 7.92. The van der Waals surface area contributed by atoms with Crippen LogP contribution in [0.4, 0.5) is 0 Å². The molecule has 5 heteroatoms. The summed E-state index contributed by atoms with van der Waals surface area (Å²) >= 11 is 0. The minimum atomic E-state index is -3.65. The van der Waals surface area contributed by atoms with Gasteiger partial charge in [0.15, 0.2) is 0 Å². The van der Waals surface area contributed by atoms with Gasteiger partial charge in [-0.3, -0.25) is 4.79 Å². The van der Waals surface area contributed by atoms with E-state index in [1.54, 1.807) is 11.6 Å². The van der Waals surface area contributed by atoms with Crippen molar-refractivity contribution in [3.05, 3.63) is 23.6 Å². The highest BCUT2D eigenvalue weighted by Gasteiger charge is 2.10. The fourth-order valence-corrected chi connectivity index (χ4v) is 0.885. The van der Waals surface area contributed by atoms with Crippen molar-refractivity contribution >= 4 is 15.9 Å². The van der Waals surface area contributed by atoms with Crippen molar-refractivity contribution in [2.45, 2.75) is 13.8 Å². The fraction of sp³-hybridized carbons (Fsp3) is 0.286. The summed E-state index contributed by atoms with van der Waals surface area (Å²) in [5.74, 6) is -0.627. The van der Waals surface area contributed by atoms with Crippen LogP contribution in [0.5, 0.6) is 0 Å². The predicted molar refractivity (Wildman–Crippen MR) is 46.7 cm³/mol. The molecule has 0 spiro atoms. The maximum Gasteiger partial charge on any atom is 0.260 e. The van der Waals surface area contributed by atoms with Crippen LogP contribution in [0.25, 0.3) is 0 Å². The maximum atomic E-state index is 10.9. The Hall–Kier alpha value is -1.10. The molecule has 0 radical (unpaired) electrons. The minimum Gasteiger partial charge on any atom is -0.269 e. The van der Waals surface area contributed by atoms with Gasteiger partial charge in [-0.25, -0.2) is 13.1 Å². The topological polar surface area (TPSA) is 63.2 Å². The summed E-state index contributed by atoms with van der Waals surface area (Å²) in [6.07, 6.45) is 1.52. The first-order chi connectivity index (χ1) is 5.43. The lowest BCUT2D eigenvalue weighted by Gasteiger charge is -2.01. The predicted octanol–water partition coefficient (Wildman–Crippen LogP) is 0.542. The summed E-state index contributed by atoms with van der Waals surface area (Å²) in [6, 6.07) is 0. The van der Waals surface area contributed by atoms with Crippen LogP contribution >= 0.6 is 0 Å². The van der Waals surface area contributed by atoms with Crippen molar-refractivity contribution in [1.29, 1.82) is 0 Å². The first kappa shape index (κ1) is 10.9. The number of carbonyl (C=O) groups is 1. The molecule has 0 aliphatic carbocycles. The standard InChI is InChI=1S/C7H11NO3S/c1-4-6(3)7(9)8-12(10,11)5-2/h4-5H,2H2,1,3H3,(H,8,9). The third-order valence-corrected chi connectivity index (χ3v) is 2.15. The van der Waals surface area contributed by atoms with Crippen LogP contribution in [0.2, 0.25) is 0 Å². The third-order valence-electron chi connectivity index (χ3n) is 1.25. The highest BCUT2D eigenvalue weighted by atomic mass is 32.2. The zero-order chi connectivity index (χ0) is 9.78. The number of sulfonamides is 1. The normalized spacial score (nSPS) is 12.3. The summed E-state index contributed by atoms with van der Waals surface area (Å²) in [4.78, 5) is 10.9. The van der Waals surface area contributed by atoms with Crippen molar-refractivity contribution in [2.24, 2.45) is 0 Å².